The first kappa shape index (κ1) is 17.1. The van der Waals surface area contributed by atoms with Crippen LogP contribution in [0.3, 0.4) is 0 Å². The normalized spacial score (nSPS) is 39.8. The largest absolute Gasteiger partial charge is 0.352 e. The number of fused-ring (bicyclic) bond motifs is 1. The van der Waals surface area contributed by atoms with E-state index in [0.29, 0.717) is 23.8 Å². The van der Waals surface area contributed by atoms with Crippen molar-refractivity contribution in [1.29, 1.82) is 0 Å². The molecule has 2 N–H and O–H groups in total. The average molecular weight is 315 g/mol. The van der Waals surface area contributed by atoms with Gasteiger partial charge in [0.25, 0.3) is 0 Å². The summed E-state index contributed by atoms with van der Waals surface area (Å²) in [6, 6.07) is 0.348. The molecule has 3 aliphatic rings. The molecular formula is C17H31ClN2O. The van der Waals surface area contributed by atoms with Crippen LogP contribution in [0.25, 0.3) is 0 Å². The Labute approximate surface area is 135 Å². The van der Waals surface area contributed by atoms with Gasteiger partial charge in [0.2, 0.25) is 5.91 Å². The maximum atomic E-state index is 12.5. The lowest BCUT2D eigenvalue weighted by molar-refractivity contribution is -0.128. The van der Waals surface area contributed by atoms with Crippen molar-refractivity contribution in [3.8, 4) is 0 Å². The topological polar surface area (TPSA) is 41.1 Å². The van der Waals surface area contributed by atoms with E-state index < -0.39 is 0 Å². The Hall–Kier alpha value is -0.280. The number of hydrogen-bond acceptors (Lipinski definition) is 2. The predicted octanol–water partition coefficient (Wildman–Crippen LogP) is 3.13. The second-order valence-electron chi connectivity index (χ2n) is 7.40. The Morgan fingerprint density at radius 1 is 1.05 bits per heavy atom. The molecule has 21 heavy (non-hydrogen) atoms. The van der Waals surface area contributed by atoms with E-state index in [4.69, 9.17) is 0 Å². The lowest BCUT2D eigenvalue weighted by Crippen LogP contribution is -2.52. The third-order valence-electron chi connectivity index (χ3n) is 6.07. The lowest BCUT2D eigenvalue weighted by Gasteiger charge is -2.39. The fraction of sp³-hybridized carbons (Fsp3) is 0.941. The molecule has 3 nitrogen and oxygen atoms in total. The van der Waals surface area contributed by atoms with Gasteiger partial charge >= 0.3 is 0 Å². The highest BCUT2D eigenvalue weighted by Gasteiger charge is 2.36. The number of rotatable bonds is 2. The summed E-state index contributed by atoms with van der Waals surface area (Å²) in [6.45, 7) is 4.32. The molecule has 122 valence electrons. The van der Waals surface area contributed by atoms with E-state index in [1.54, 1.807) is 0 Å². The van der Waals surface area contributed by atoms with Crippen LogP contribution < -0.4 is 10.6 Å². The zero-order chi connectivity index (χ0) is 13.9. The Kier molecular flexibility index (Phi) is 6.36. The Morgan fingerprint density at radius 3 is 2.57 bits per heavy atom. The molecule has 0 radical (unpaired) electrons. The molecule has 1 saturated heterocycles. The third kappa shape index (κ3) is 4.13. The molecule has 5 unspecified atom stereocenters. The van der Waals surface area contributed by atoms with E-state index in [1.807, 2.05) is 0 Å². The Bertz CT molecular complexity index is 350. The number of halogens is 1. The van der Waals surface area contributed by atoms with Gasteiger partial charge in [0, 0.05) is 18.5 Å². The van der Waals surface area contributed by atoms with Crippen LogP contribution in [0.1, 0.15) is 58.3 Å². The predicted molar refractivity (Wildman–Crippen MR) is 88.6 cm³/mol. The van der Waals surface area contributed by atoms with Gasteiger partial charge in [-0.15, -0.1) is 12.4 Å². The molecule has 3 rings (SSSR count). The fourth-order valence-electron chi connectivity index (χ4n) is 4.60. The minimum absolute atomic E-state index is 0. The third-order valence-corrected chi connectivity index (χ3v) is 6.07. The highest BCUT2D eigenvalue weighted by atomic mass is 35.5. The van der Waals surface area contributed by atoms with Crippen molar-refractivity contribution >= 4 is 18.3 Å². The molecule has 1 aliphatic heterocycles. The van der Waals surface area contributed by atoms with Crippen LogP contribution in [-0.2, 0) is 4.79 Å². The van der Waals surface area contributed by atoms with Crippen LogP contribution in [-0.4, -0.2) is 25.0 Å². The van der Waals surface area contributed by atoms with Gasteiger partial charge in [0.1, 0.15) is 0 Å². The van der Waals surface area contributed by atoms with E-state index in [-0.39, 0.29) is 12.4 Å². The summed E-state index contributed by atoms with van der Waals surface area (Å²) < 4.78 is 0. The van der Waals surface area contributed by atoms with Crippen molar-refractivity contribution in [3.05, 3.63) is 0 Å². The molecule has 0 aromatic carbocycles. The Morgan fingerprint density at radius 2 is 1.81 bits per heavy atom. The fourth-order valence-corrected chi connectivity index (χ4v) is 4.60. The summed E-state index contributed by atoms with van der Waals surface area (Å²) in [4.78, 5) is 12.5. The van der Waals surface area contributed by atoms with Gasteiger partial charge in [-0.1, -0.05) is 32.6 Å². The quantitative estimate of drug-likeness (QED) is 0.822. The first-order chi connectivity index (χ1) is 9.74. The van der Waals surface area contributed by atoms with Crippen molar-refractivity contribution in [2.45, 2.75) is 64.3 Å². The van der Waals surface area contributed by atoms with Gasteiger partial charge in [-0.05, 0) is 50.0 Å². The average Bonchev–Trinajstić information content (AvgIpc) is 2.49. The minimum atomic E-state index is 0. The van der Waals surface area contributed by atoms with Crippen molar-refractivity contribution in [3.63, 3.8) is 0 Å². The molecule has 3 fully saturated rings. The summed E-state index contributed by atoms with van der Waals surface area (Å²) in [5.41, 5.74) is 0. The van der Waals surface area contributed by atoms with E-state index in [2.05, 4.69) is 17.6 Å². The summed E-state index contributed by atoms with van der Waals surface area (Å²) in [7, 11) is 0. The molecule has 0 bridgehead atoms. The summed E-state index contributed by atoms with van der Waals surface area (Å²) in [5.74, 6) is 3.03. The van der Waals surface area contributed by atoms with Crippen molar-refractivity contribution < 1.29 is 4.79 Å². The number of amides is 1. The number of carbonyl (C=O) groups is 1. The maximum Gasteiger partial charge on any atom is 0.223 e. The van der Waals surface area contributed by atoms with Crippen LogP contribution in [0, 0.1) is 23.7 Å². The Balaban J connectivity index is 0.00000161. The highest BCUT2D eigenvalue weighted by Crippen LogP contribution is 2.42. The number of piperidine rings is 1. The van der Waals surface area contributed by atoms with Crippen LogP contribution >= 0.6 is 12.4 Å². The van der Waals surface area contributed by atoms with Crippen molar-refractivity contribution in [2.24, 2.45) is 23.7 Å². The summed E-state index contributed by atoms with van der Waals surface area (Å²) in [5, 5.41) is 6.74. The molecule has 0 aromatic heterocycles. The zero-order valence-corrected chi connectivity index (χ0v) is 14.1. The van der Waals surface area contributed by atoms with Crippen LogP contribution in [0.5, 0.6) is 0 Å². The zero-order valence-electron chi connectivity index (χ0n) is 13.3. The molecular weight excluding hydrogens is 284 g/mol. The van der Waals surface area contributed by atoms with E-state index in [9.17, 15) is 4.79 Å². The molecule has 2 saturated carbocycles. The number of nitrogens with one attached hydrogen (secondary N) is 2. The van der Waals surface area contributed by atoms with Crippen LogP contribution in [0.2, 0.25) is 0 Å². The van der Waals surface area contributed by atoms with E-state index >= 15 is 0 Å². The molecule has 1 heterocycles. The van der Waals surface area contributed by atoms with Crippen molar-refractivity contribution in [1.82, 2.24) is 10.6 Å². The second-order valence-corrected chi connectivity index (χ2v) is 7.40. The van der Waals surface area contributed by atoms with Gasteiger partial charge in [-0.2, -0.15) is 0 Å². The first-order valence-electron chi connectivity index (χ1n) is 8.75. The minimum Gasteiger partial charge on any atom is -0.352 e. The van der Waals surface area contributed by atoms with Gasteiger partial charge in [-0.3, -0.25) is 4.79 Å². The van der Waals surface area contributed by atoms with E-state index in [0.717, 1.165) is 37.8 Å². The van der Waals surface area contributed by atoms with Crippen LogP contribution in [0.4, 0.5) is 0 Å². The summed E-state index contributed by atoms with van der Waals surface area (Å²) in [6.07, 6.45) is 10.4. The van der Waals surface area contributed by atoms with Crippen LogP contribution in [0.15, 0.2) is 0 Å². The molecule has 0 aromatic rings. The monoisotopic (exact) mass is 314 g/mol. The second kappa shape index (κ2) is 7.82. The maximum absolute atomic E-state index is 12.5. The lowest BCUT2D eigenvalue weighted by atomic mass is 9.67. The van der Waals surface area contributed by atoms with E-state index in [1.165, 1.54) is 38.5 Å². The highest BCUT2D eigenvalue weighted by molar-refractivity contribution is 5.85. The molecule has 2 aliphatic carbocycles. The first-order valence-corrected chi connectivity index (χ1v) is 8.75. The SMILES string of the molecule is CC1CCNCC1NC(=O)C1CCC2CCCCC2C1.Cl. The molecule has 5 atom stereocenters. The van der Waals surface area contributed by atoms with Gasteiger partial charge in [0.05, 0.1) is 0 Å². The molecule has 1 amide bonds. The molecule has 0 spiro atoms. The van der Waals surface area contributed by atoms with Gasteiger partial charge in [0.15, 0.2) is 0 Å². The number of carbonyl (C=O) groups excluding carboxylic acids is 1. The van der Waals surface area contributed by atoms with Crippen molar-refractivity contribution in [2.75, 3.05) is 13.1 Å². The standard InChI is InChI=1S/C17H30N2O.ClH/c1-12-8-9-18-11-16(12)19-17(20)15-7-6-13-4-2-3-5-14(13)10-15;/h12-16,18H,2-11H2,1H3,(H,19,20);1H. The van der Waals surface area contributed by atoms with Gasteiger partial charge in [-0.25, -0.2) is 0 Å². The smallest absolute Gasteiger partial charge is 0.223 e. The van der Waals surface area contributed by atoms with Gasteiger partial charge < -0.3 is 10.6 Å². The molecule has 4 heteroatoms. The summed E-state index contributed by atoms with van der Waals surface area (Å²) >= 11 is 0. The number of hydrogen-bond donors (Lipinski definition) is 2.